The molecule has 1 heterocycles. The summed E-state index contributed by atoms with van der Waals surface area (Å²) >= 11 is 11.0. The fourth-order valence-electron chi connectivity index (χ4n) is 1.30. The molecule has 0 atom stereocenters. The predicted molar refractivity (Wildman–Crippen MR) is 64.3 cm³/mol. The van der Waals surface area contributed by atoms with E-state index >= 15 is 0 Å². The van der Waals surface area contributed by atoms with Gasteiger partial charge in [0.2, 0.25) is 0 Å². The minimum absolute atomic E-state index is 0.456. The zero-order chi connectivity index (χ0) is 10.1. The van der Waals surface area contributed by atoms with Crippen molar-refractivity contribution in [3.05, 3.63) is 32.6 Å². The Morgan fingerprint density at radius 2 is 2.29 bits per heavy atom. The van der Waals surface area contributed by atoms with E-state index in [0.717, 1.165) is 25.7 Å². The average Bonchev–Trinajstić information content (AvgIpc) is 2.46. The van der Waals surface area contributed by atoms with Gasteiger partial charge in [-0.15, -0.1) is 11.3 Å². The SMILES string of the molecule is O=CCc1sc2ccc(Cl)cc2c1Br. The molecule has 14 heavy (non-hydrogen) atoms. The molecule has 0 saturated carbocycles. The van der Waals surface area contributed by atoms with Gasteiger partial charge in [-0.2, -0.15) is 0 Å². The molecule has 0 spiro atoms. The number of carbonyl (C=O) groups is 1. The molecule has 1 aromatic heterocycles. The summed E-state index contributed by atoms with van der Waals surface area (Å²) in [6, 6.07) is 5.74. The minimum Gasteiger partial charge on any atom is -0.303 e. The van der Waals surface area contributed by atoms with Crippen LogP contribution < -0.4 is 0 Å². The van der Waals surface area contributed by atoms with Gasteiger partial charge in [0.15, 0.2) is 0 Å². The van der Waals surface area contributed by atoms with Crippen molar-refractivity contribution in [1.82, 2.24) is 0 Å². The van der Waals surface area contributed by atoms with Crippen LogP contribution in [0.2, 0.25) is 5.02 Å². The summed E-state index contributed by atoms with van der Waals surface area (Å²) in [7, 11) is 0. The van der Waals surface area contributed by atoms with Gasteiger partial charge >= 0.3 is 0 Å². The summed E-state index contributed by atoms with van der Waals surface area (Å²) in [4.78, 5) is 11.5. The quantitative estimate of drug-likeness (QED) is 0.762. The lowest BCUT2D eigenvalue weighted by atomic mass is 10.2. The molecule has 2 aromatic rings. The maximum atomic E-state index is 10.4. The molecule has 0 aliphatic rings. The number of hydrogen-bond donors (Lipinski definition) is 0. The van der Waals surface area contributed by atoms with Crippen molar-refractivity contribution in [2.75, 3.05) is 0 Å². The molecule has 0 fully saturated rings. The van der Waals surface area contributed by atoms with E-state index in [9.17, 15) is 4.79 Å². The minimum atomic E-state index is 0.456. The number of benzene rings is 1. The van der Waals surface area contributed by atoms with Crippen molar-refractivity contribution in [3.63, 3.8) is 0 Å². The van der Waals surface area contributed by atoms with E-state index in [0.29, 0.717) is 11.4 Å². The summed E-state index contributed by atoms with van der Waals surface area (Å²) < 4.78 is 2.14. The zero-order valence-electron chi connectivity index (χ0n) is 7.09. The van der Waals surface area contributed by atoms with Crippen molar-refractivity contribution in [2.24, 2.45) is 0 Å². The van der Waals surface area contributed by atoms with Crippen molar-refractivity contribution < 1.29 is 4.79 Å². The van der Waals surface area contributed by atoms with Gasteiger partial charge in [-0.3, -0.25) is 0 Å². The highest BCUT2D eigenvalue weighted by atomic mass is 79.9. The van der Waals surface area contributed by atoms with Crippen molar-refractivity contribution in [3.8, 4) is 0 Å². The molecule has 72 valence electrons. The number of fused-ring (bicyclic) bond motifs is 1. The first-order valence-electron chi connectivity index (χ1n) is 4.02. The molecule has 0 saturated heterocycles. The summed E-state index contributed by atoms with van der Waals surface area (Å²) in [5.74, 6) is 0. The molecule has 1 nitrogen and oxygen atoms in total. The second-order valence-corrected chi connectivity index (χ2v) is 5.22. The number of halogens is 2. The molecule has 0 bridgehead atoms. The normalized spacial score (nSPS) is 10.7. The highest BCUT2D eigenvalue weighted by Gasteiger charge is 2.09. The van der Waals surface area contributed by atoms with Crippen LogP contribution in [0, 0.1) is 0 Å². The molecule has 0 aliphatic heterocycles. The Kier molecular flexibility index (Phi) is 2.91. The van der Waals surface area contributed by atoms with Crippen LogP contribution in [-0.2, 0) is 11.2 Å². The van der Waals surface area contributed by atoms with Crippen LogP contribution in [0.25, 0.3) is 10.1 Å². The van der Waals surface area contributed by atoms with Gasteiger partial charge in [-0.1, -0.05) is 11.6 Å². The molecular formula is C10H6BrClOS. The molecule has 0 aliphatic carbocycles. The fourth-order valence-corrected chi connectivity index (χ4v) is 3.36. The molecule has 0 radical (unpaired) electrons. The van der Waals surface area contributed by atoms with Crippen LogP contribution >= 0.6 is 38.9 Å². The van der Waals surface area contributed by atoms with Crippen molar-refractivity contribution in [1.29, 1.82) is 0 Å². The monoisotopic (exact) mass is 288 g/mol. The lowest BCUT2D eigenvalue weighted by molar-refractivity contribution is -0.107. The number of rotatable bonds is 2. The Morgan fingerprint density at radius 3 is 3.00 bits per heavy atom. The highest BCUT2D eigenvalue weighted by Crippen LogP contribution is 2.36. The number of thiophene rings is 1. The Bertz CT molecular complexity index is 492. The van der Waals surface area contributed by atoms with E-state index in [1.165, 1.54) is 0 Å². The molecule has 0 unspecified atom stereocenters. The van der Waals surface area contributed by atoms with E-state index in [-0.39, 0.29) is 0 Å². The zero-order valence-corrected chi connectivity index (χ0v) is 10.2. The maximum absolute atomic E-state index is 10.4. The van der Waals surface area contributed by atoms with E-state index in [1.54, 1.807) is 11.3 Å². The molecule has 2 rings (SSSR count). The summed E-state index contributed by atoms with van der Waals surface area (Å²) in [6.07, 6.45) is 1.37. The van der Waals surface area contributed by atoms with E-state index in [4.69, 9.17) is 11.6 Å². The number of carbonyl (C=O) groups excluding carboxylic acids is 1. The molecule has 1 aromatic carbocycles. The molecule has 4 heteroatoms. The standard InChI is InChI=1S/C10H6BrClOS/c11-10-7-5-6(12)1-2-8(7)14-9(10)3-4-13/h1-2,4-5H,3H2. The second kappa shape index (κ2) is 4.01. The van der Waals surface area contributed by atoms with Gasteiger partial charge in [0, 0.05) is 30.9 Å². The highest BCUT2D eigenvalue weighted by molar-refractivity contribution is 9.10. The Morgan fingerprint density at radius 1 is 1.50 bits per heavy atom. The summed E-state index contributed by atoms with van der Waals surface area (Å²) in [6.45, 7) is 0. The average molecular weight is 290 g/mol. The van der Waals surface area contributed by atoms with Gasteiger partial charge < -0.3 is 4.79 Å². The van der Waals surface area contributed by atoms with Crippen LogP contribution in [-0.4, -0.2) is 6.29 Å². The summed E-state index contributed by atoms with van der Waals surface area (Å²) in [5.41, 5.74) is 0. The Hall–Kier alpha value is -0.380. The van der Waals surface area contributed by atoms with Gasteiger partial charge in [0.05, 0.1) is 0 Å². The topological polar surface area (TPSA) is 17.1 Å². The third-order valence-electron chi connectivity index (χ3n) is 1.92. The fraction of sp³-hybridized carbons (Fsp3) is 0.100. The van der Waals surface area contributed by atoms with Gasteiger partial charge in [0.1, 0.15) is 6.29 Å². The third-order valence-corrected chi connectivity index (χ3v) is 4.52. The molecule has 0 N–H and O–H groups in total. The largest absolute Gasteiger partial charge is 0.303 e. The first-order valence-corrected chi connectivity index (χ1v) is 6.01. The van der Waals surface area contributed by atoms with Crippen LogP contribution in [0.4, 0.5) is 0 Å². The van der Waals surface area contributed by atoms with Crippen molar-refractivity contribution in [2.45, 2.75) is 6.42 Å². The Labute approximate surface area is 98.8 Å². The smallest absolute Gasteiger partial charge is 0.125 e. The van der Waals surface area contributed by atoms with Gasteiger partial charge in [-0.25, -0.2) is 0 Å². The molecule has 0 amide bonds. The summed E-state index contributed by atoms with van der Waals surface area (Å²) in [5, 5.41) is 1.80. The van der Waals surface area contributed by atoms with Gasteiger partial charge in [-0.05, 0) is 34.1 Å². The first-order chi connectivity index (χ1) is 6.72. The predicted octanol–water partition coefficient (Wildman–Crippen LogP) is 4.06. The van der Waals surface area contributed by atoms with Crippen LogP contribution in [0.5, 0.6) is 0 Å². The van der Waals surface area contributed by atoms with E-state index in [1.807, 2.05) is 18.2 Å². The number of hydrogen-bond acceptors (Lipinski definition) is 2. The van der Waals surface area contributed by atoms with Crippen LogP contribution in [0.3, 0.4) is 0 Å². The lowest BCUT2D eigenvalue weighted by Crippen LogP contribution is -1.79. The van der Waals surface area contributed by atoms with Gasteiger partial charge in [0.25, 0.3) is 0 Å². The molecular weight excluding hydrogens is 284 g/mol. The van der Waals surface area contributed by atoms with Crippen LogP contribution in [0.1, 0.15) is 4.88 Å². The van der Waals surface area contributed by atoms with Crippen LogP contribution in [0.15, 0.2) is 22.7 Å². The second-order valence-electron chi connectivity index (χ2n) is 2.85. The van der Waals surface area contributed by atoms with E-state index < -0.39 is 0 Å². The van der Waals surface area contributed by atoms with E-state index in [2.05, 4.69) is 15.9 Å². The lowest BCUT2D eigenvalue weighted by Gasteiger charge is -1.91. The first kappa shape index (κ1) is 10.1. The third kappa shape index (κ3) is 1.72. The Balaban J connectivity index is 2.67. The maximum Gasteiger partial charge on any atom is 0.125 e. The number of aldehydes is 1. The van der Waals surface area contributed by atoms with Crippen molar-refractivity contribution >= 4 is 55.2 Å².